The summed E-state index contributed by atoms with van der Waals surface area (Å²) in [5.41, 5.74) is 2.53. The van der Waals surface area contributed by atoms with Crippen LogP contribution in [0, 0.1) is 0 Å². The first-order valence-corrected chi connectivity index (χ1v) is 12.2. The van der Waals surface area contributed by atoms with E-state index in [0.717, 1.165) is 23.2 Å². The number of carbonyl (C=O) groups is 1. The lowest BCUT2D eigenvalue weighted by atomic mass is 9.96. The van der Waals surface area contributed by atoms with Crippen LogP contribution in [0.15, 0.2) is 78.9 Å². The fraction of sp³-hybridized carbons (Fsp3) is 0.192. The van der Waals surface area contributed by atoms with Crippen LogP contribution in [0.2, 0.25) is 10.0 Å². The van der Waals surface area contributed by atoms with Crippen LogP contribution >= 0.6 is 34.5 Å². The molecule has 5 rings (SSSR count). The maximum Gasteiger partial charge on any atom is 0.265 e. The lowest BCUT2D eigenvalue weighted by molar-refractivity contribution is 0.0602. The van der Waals surface area contributed by atoms with Crippen LogP contribution < -0.4 is 0 Å². The number of fused-ring (bicyclic) bond motifs is 1. The van der Waals surface area contributed by atoms with Gasteiger partial charge in [0.25, 0.3) is 5.91 Å². The van der Waals surface area contributed by atoms with Gasteiger partial charge in [-0.1, -0.05) is 89.9 Å². The van der Waals surface area contributed by atoms with Gasteiger partial charge in [0, 0.05) is 36.3 Å². The average Bonchev–Trinajstić information content (AvgIpc) is 3.18. The summed E-state index contributed by atoms with van der Waals surface area (Å²) in [6.07, 6.45) is 0. The van der Waals surface area contributed by atoms with E-state index in [1.165, 1.54) is 22.5 Å². The van der Waals surface area contributed by atoms with E-state index < -0.39 is 0 Å². The van der Waals surface area contributed by atoms with Gasteiger partial charge < -0.3 is 4.90 Å². The summed E-state index contributed by atoms with van der Waals surface area (Å²) in [6.45, 7) is 2.91. The molecule has 0 unspecified atom stereocenters. The molecule has 0 N–H and O–H groups in total. The zero-order valence-electron chi connectivity index (χ0n) is 17.4. The van der Waals surface area contributed by atoms with Crippen molar-refractivity contribution < 1.29 is 4.79 Å². The molecule has 4 aromatic rings. The summed E-state index contributed by atoms with van der Waals surface area (Å²) in [6, 6.07) is 26.9. The molecule has 1 aromatic heterocycles. The van der Waals surface area contributed by atoms with Crippen LogP contribution in [0.1, 0.15) is 26.8 Å². The molecule has 0 atom stereocenters. The Morgan fingerprint density at radius 2 is 1.38 bits per heavy atom. The normalized spacial score (nSPS) is 14.9. The van der Waals surface area contributed by atoms with E-state index in [-0.39, 0.29) is 11.9 Å². The van der Waals surface area contributed by atoms with Gasteiger partial charge in [0.2, 0.25) is 0 Å². The van der Waals surface area contributed by atoms with E-state index in [9.17, 15) is 4.79 Å². The van der Waals surface area contributed by atoms with Gasteiger partial charge in [-0.15, -0.1) is 11.3 Å². The standard InChI is InChI=1S/C26H22Cl2N2OS/c27-20-12-7-13-21-22(20)23(28)25(32-21)26(31)30-16-14-29(15-17-30)24(18-8-3-1-4-9-18)19-10-5-2-6-11-19/h1-13,24H,14-17H2. The van der Waals surface area contributed by atoms with Crippen molar-refractivity contribution in [2.45, 2.75) is 6.04 Å². The number of hydrogen-bond donors (Lipinski definition) is 0. The number of rotatable bonds is 4. The molecular weight excluding hydrogens is 459 g/mol. The van der Waals surface area contributed by atoms with Crippen molar-refractivity contribution in [3.8, 4) is 0 Å². The summed E-state index contributed by atoms with van der Waals surface area (Å²) >= 11 is 14.3. The minimum Gasteiger partial charge on any atom is -0.335 e. The number of piperazine rings is 1. The van der Waals surface area contributed by atoms with Crippen molar-refractivity contribution in [3.63, 3.8) is 0 Å². The first-order valence-electron chi connectivity index (χ1n) is 10.6. The Morgan fingerprint density at radius 3 is 1.94 bits per heavy atom. The number of benzene rings is 3. The Morgan fingerprint density at radius 1 is 0.781 bits per heavy atom. The fourth-order valence-electron chi connectivity index (χ4n) is 4.42. The van der Waals surface area contributed by atoms with E-state index in [2.05, 4.69) is 53.4 Å². The number of nitrogens with zero attached hydrogens (tertiary/aromatic N) is 2. The van der Waals surface area contributed by atoms with E-state index >= 15 is 0 Å². The number of carbonyl (C=O) groups excluding carboxylic acids is 1. The minimum atomic E-state index is -0.0112. The predicted octanol–water partition coefficient (Wildman–Crippen LogP) is 6.76. The number of hydrogen-bond acceptors (Lipinski definition) is 3. The molecule has 3 nitrogen and oxygen atoms in total. The molecular formula is C26H22Cl2N2OS. The lowest BCUT2D eigenvalue weighted by Crippen LogP contribution is -2.49. The fourth-order valence-corrected chi connectivity index (χ4v) is 6.34. The molecule has 3 aromatic carbocycles. The highest BCUT2D eigenvalue weighted by atomic mass is 35.5. The Labute approximate surface area is 201 Å². The van der Waals surface area contributed by atoms with Gasteiger partial charge >= 0.3 is 0 Å². The van der Waals surface area contributed by atoms with Crippen LogP contribution in [0.3, 0.4) is 0 Å². The van der Waals surface area contributed by atoms with Crippen LogP contribution in [-0.2, 0) is 0 Å². The Hall–Kier alpha value is -2.37. The van der Waals surface area contributed by atoms with Gasteiger partial charge in [-0.25, -0.2) is 0 Å². The summed E-state index contributed by atoms with van der Waals surface area (Å²) in [5.74, 6) is -0.0112. The van der Waals surface area contributed by atoms with E-state index in [4.69, 9.17) is 23.2 Å². The molecule has 6 heteroatoms. The Bertz CT molecular complexity index is 1200. The zero-order valence-corrected chi connectivity index (χ0v) is 19.7. The molecule has 1 fully saturated rings. The van der Waals surface area contributed by atoms with Crippen molar-refractivity contribution in [1.29, 1.82) is 0 Å². The second-order valence-corrected chi connectivity index (χ2v) is 9.75. The molecule has 0 radical (unpaired) electrons. The molecule has 1 aliphatic rings. The molecule has 0 saturated carbocycles. The largest absolute Gasteiger partial charge is 0.335 e. The van der Waals surface area contributed by atoms with Crippen molar-refractivity contribution in [3.05, 3.63) is 105 Å². The third-order valence-corrected chi connectivity index (χ3v) is 7.95. The van der Waals surface area contributed by atoms with Crippen molar-refractivity contribution in [2.75, 3.05) is 26.2 Å². The van der Waals surface area contributed by atoms with Gasteiger partial charge in [-0.05, 0) is 23.3 Å². The maximum absolute atomic E-state index is 13.3. The van der Waals surface area contributed by atoms with Gasteiger partial charge in [0.05, 0.1) is 16.1 Å². The molecule has 162 valence electrons. The molecule has 0 aliphatic carbocycles. The summed E-state index contributed by atoms with van der Waals surface area (Å²) < 4.78 is 0.942. The molecule has 0 spiro atoms. The highest BCUT2D eigenvalue weighted by Gasteiger charge is 2.30. The van der Waals surface area contributed by atoms with E-state index in [1.807, 2.05) is 35.2 Å². The zero-order chi connectivity index (χ0) is 22.1. The lowest BCUT2D eigenvalue weighted by Gasteiger charge is -2.39. The van der Waals surface area contributed by atoms with Crippen molar-refractivity contribution >= 4 is 50.5 Å². The van der Waals surface area contributed by atoms with E-state index in [1.54, 1.807) is 0 Å². The average molecular weight is 481 g/mol. The molecule has 1 amide bonds. The van der Waals surface area contributed by atoms with E-state index in [0.29, 0.717) is 28.0 Å². The monoisotopic (exact) mass is 480 g/mol. The summed E-state index contributed by atoms with van der Waals surface area (Å²) in [7, 11) is 0. The van der Waals surface area contributed by atoms with Gasteiger partial charge in [-0.2, -0.15) is 0 Å². The van der Waals surface area contributed by atoms with Gasteiger partial charge in [0.15, 0.2) is 0 Å². The molecule has 0 bridgehead atoms. The minimum absolute atomic E-state index is 0.0112. The highest BCUT2D eigenvalue weighted by molar-refractivity contribution is 7.21. The SMILES string of the molecule is O=C(c1sc2cccc(Cl)c2c1Cl)N1CCN(C(c2ccccc2)c2ccccc2)CC1. The van der Waals surface area contributed by atoms with Crippen molar-refractivity contribution in [1.82, 2.24) is 9.80 Å². The topological polar surface area (TPSA) is 23.6 Å². The Kier molecular flexibility index (Phi) is 6.20. The van der Waals surface area contributed by atoms with Gasteiger partial charge in [-0.3, -0.25) is 9.69 Å². The third kappa shape index (κ3) is 4.04. The van der Waals surface area contributed by atoms with Crippen LogP contribution in [0.4, 0.5) is 0 Å². The first kappa shape index (κ1) is 21.5. The quantitative estimate of drug-likeness (QED) is 0.322. The maximum atomic E-state index is 13.3. The summed E-state index contributed by atoms with van der Waals surface area (Å²) in [5, 5.41) is 1.83. The number of amides is 1. The van der Waals surface area contributed by atoms with Gasteiger partial charge in [0.1, 0.15) is 4.88 Å². The second-order valence-electron chi connectivity index (χ2n) is 7.91. The number of halogens is 2. The highest BCUT2D eigenvalue weighted by Crippen LogP contribution is 2.40. The smallest absolute Gasteiger partial charge is 0.265 e. The van der Waals surface area contributed by atoms with Crippen LogP contribution in [0.5, 0.6) is 0 Å². The molecule has 32 heavy (non-hydrogen) atoms. The molecule has 1 aliphatic heterocycles. The number of thiophene rings is 1. The first-order chi connectivity index (χ1) is 15.6. The van der Waals surface area contributed by atoms with Crippen LogP contribution in [0.25, 0.3) is 10.1 Å². The molecule has 1 saturated heterocycles. The third-order valence-electron chi connectivity index (χ3n) is 6.00. The predicted molar refractivity (Wildman–Crippen MR) is 134 cm³/mol. The summed E-state index contributed by atoms with van der Waals surface area (Å²) in [4.78, 5) is 18.3. The van der Waals surface area contributed by atoms with Crippen molar-refractivity contribution in [2.24, 2.45) is 0 Å². The van der Waals surface area contributed by atoms with Crippen LogP contribution in [-0.4, -0.2) is 41.9 Å². The Balaban J connectivity index is 1.37. The second kappa shape index (κ2) is 9.24. The molecule has 2 heterocycles.